The maximum atomic E-state index is 8.49. The van der Waals surface area contributed by atoms with E-state index >= 15 is 0 Å². The van der Waals surface area contributed by atoms with Gasteiger partial charge in [0.25, 0.3) is 0 Å². The van der Waals surface area contributed by atoms with E-state index in [-0.39, 0.29) is 0 Å². The molecule has 3 rings (SSSR count). The molecule has 0 amide bonds. The van der Waals surface area contributed by atoms with Crippen LogP contribution in [-0.2, 0) is 0 Å². The van der Waals surface area contributed by atoms with Gasteiger partial charge in [0, 0.05) is 6.07 Å². The third-order valence-electron chi connectivity index (χ3n) is 3.15. The van der Waals surface area contributed by atoms with Gasteiger partial charge < -0.3 is 0 Å². The Morgan fingerprint density at radius 2 is 1.12 bits per heavy atom. The summed E-state index contributed by atoms with van der Waals surface area (Å²) in [6.07, 6.45) is 0. The molecule has 0 saturated carbocycles. The van der Waals surface area contributed by atoms with Gasteiger partial charge in [-0.05, 0) is 37.3 Å². The van der Waals surface area contributed by atoms with Gasteiger partial charge in [0.2, 0.25) is 0 Å². The second-order valence-electron chi connectivity index (χ2n) is 4.92. The molecule has 0 saturated heterocycles. The monoisotopic (exact) mass is 346 g/mol. The zero-order valence-corrected chi connectivity index (χ0v) is 13.6. The smallest absolute Gasteiger partial charge is 0.222 e. The molecule has 0 aliphatic heterocycles. The van der Waals surface area contributed by atoms with Crippen molar-refractivity contribution < 1.29 is 33.3 Å². The van der Waals surface area contributed by atoms with E-state index in [1.165, 1.54) is 0 Å². The summed E-state index contributed by atoms with van der Waals surface area (Å²) in [6, 6.07) is 24.5. The number of benzene rings is 2. The Morgan fingerprint density at radius 1 is 0.667 bits per heavy atom. The van der Waals surface area contributed by atoms with Crippen molar-refractivity contribution in [3.05, 3.63) is 78.4 Å². The number of halogens is 1. The lowest BCUT2D eigenvalue weighted by Gasteiger charge is -2.17. The molecule has 124 valence electrons. The van der Waals surface area contributed by atoms with Gasteiger partial charge in [0.05, 0.1) is 16.7 Å². The van der Waals surface area contributed by atoms with Gasteiger partial charge in [0.15, 0.2) is 0 Å². The second-order valence-corrected chi connectivity index (χ2v) is 5.68. The number of aryl methyl sites for hydroxylation is 1. The summed E-state index contributed by atoms with van der Waals surface area (Å²) in [5.41, 5.74) is 3.35. The molecule has 5 nitrogen and oxygen atoms in total. The van der Waals surface area contributed by atoms with Gasteiger partial charge in [0.1, 0.15) is 0 Å². The Hall–Kier alpha value is -2.28. The first kappa shape index (κ1) is 18.1. The summed E-state index contributed by atoms with van der Waals surface area (Å²) in [6.45, 7) is 2.07. The predicted molar refractivity (Wildman–Crippen MR) is 78.7 cm³/mol. The van der Waals surface area contributed by atoms with Crippen LogP contribution >= 0.6 is 0 Å². The van der Waals surface area contributed by atoms with Gasteiger partial charge in [-0.3, -0.25) is 0 Å². The van der Waals surface area contributed by atoms with E-state index in [0.717, 1.165) is 28.2 Å². The zero-order valence-electron chi connectivity index (χ0n) is 12.8. The van der Waals surface area contributed by atoms with E-state index < -0.39 is 10.2 Å². The first-order chi connectivity index (χ1) is 11.3. The molecule has 3 aromatic rings. The Morgan fingerprint density at radius 3 is 1.62 bits per heavy atom. The summed E-state index contributed by atoms with van der Waals surface area (Å²) >= 11 is 0. The van der Waals surface area contributed by atoms with Crippen LogP contribution < -0.4 is 18.6 Å². The third-order valence-corrected chi connectivity index (χ3v) is 3.15. The van der Waals surface area contributed by atoms with Crippen molar-refractivity contribution in [2.75, 3.05) is 0 Å². The van der Waals surface area contributed by atoms with Crippen LogP contribution in [-0.4, -0.2) is 0 Å². The number of hydrogen-bond acceptors (Lipinski definition) is 4. The molecule has 0 aliphatic rings. The molecule has 1 aromatic heterocycles. The summed E-state index contributed by atoms with van der Waals surface area (Å²) in [7, 11) is -4.94. The Kier molecular flexibility index (Phi) is 6.03. The lowest BCUT2D eigenvalue weighted by molar-refractivity contribution is -2.00. The van der Waals surface area contributed by atoms with Gasteiger partial charge in [-0.2, -0.15) is 0 Å². The average molecular weight is 347 g/mol. The van der Waals surface area contributed by atoms with Gasteiger partial charge >= 0.3 is 11.5 Å². The largest absolute Gasteiger partial charge is 0.363 e. The normalized spacial score (nSPS) is 10.7. The lowest BCUT2D eigenvalue weighted by atomic mass is 10.1. The fraction of sp³-hybridized carbons (Fsp3) is 0.0556. The van der Waals surface area contributed by atoms with E-state index in [2.05, 4.69) is 37.3 Å². The minimum absolute atomic E-state index is 0.894. The minimum atomic E-state index is -4.94. The Bertz CT molecular complexity index is 764. The van der Waals surface area contributed by atoms with Crippen molar-refractivity contribution in [1.82, 2.24) is 0 Å². The summed E-state index contributed by atoms with van der Waals surface area (Å²) < 4.78 is 40.1. The standard InChI is InChI=1S/C18H15O.ClHO4/c1-14-12-13-17(15-8-4-2-5-9-15)19-18(14)16-10-6-3-7-11-16;2-1(3,4)5/h2-13H,1H3;(H,2,3,4,5)/q+1;/p-1. The van der Waals surface area contributed by atoms with Crippen molar-refractivity contribution in [3.63, 3.8) is 0 Å². The quantitative estimate of drug-likeness (QED) is 0.626. The van der Waals surface area contributed by atoms with E-state index in [1.807, 2.05) is 42.5 Å². The fourth-order valence-corrected chi connectivity index (χ4v) is 2.13. The van der Waals surface area contributed by atoms with Gasteiger partial charge in [-0.15, -0.1) is 10.2 Å². The molecule has 0 fully saturated rings. The molecule has 0 radical (unpaired) electrons. The molecule has 0 unspecified atom stereocenters. The van der Waals surface area contributed by atoms with Crippen LogP contribution in [0.25, 0.3) is 22.6 Å². The van der Waals surface area contributed by atoms with E-state index in [4.69, 9.17) is 23.1 Å². The topological polar surface area (TPSA) is 104 Å². The van der Waals surface area contributed by atoms with Gasteiger partial charge in [-0.25, -0.2) is 23.1 Å². The maximum Gasteiger partial charge on any atom is 0.363 e. The maximum absolute atomic E-state index is 8.49. The molecular formula is C18H15ClO5. The lowest BCUT2D eigenvalue weighted by Crippen LogP contribution is -2.68. The highest BCUT2D eigenvalue weighted by Gasteiger charge is 2.19. The molecule has 0 spiro atoms. The molecule has 0 N–H and O–H groups in total. The Balaban J connectivity index is 0.000000368. The van der Waals surface area contributed by atoms with Crippen LogP contribution in [0.1, 0.15) is 5.56 Å². The fourth-order valence-electron chi connectivity index (χ4n) is 2.13. The third kappa shape index (κ3) is 5.73. The van der Waals surface area contributed by atoms with E-state index in [0.29, 0.717) is 0 Å². The summed E-state index contributed by atoms with van der Waals surface area (Å²) in [5.74, 6) is 1.83. The van der Waals surface area contributed by atoms with Crippen LogP contribution in [0.2, 0.25) is 0 Å². The highest BCUT2D eigenvalue weighted by molar-refractivity contribution is 5.65. The Labute approximate surface area is 141 Å². The predicted octanol–water partition coefficient (Wildman–Crippen LogP) is 0.447. The molecule has 24 heavy (non-hydrogen) atoms. The molecule has 2 aromatic carbocycles. The first-order valence-corrected chi connectivity index (χ1v) is 8.24. The minimum Gasteiger partial charge on any atom is -0.222 e. The van der Waals surface area contributed by atoms with Gasteiger partial charge in [-0.1, -0.05) is 36.4 Å². The molecule has 0 atom stereocenters. The van der Waals surface area contributed by atoms with E-state index in [9.17, 15) is 0 Å². The van der Waals surface area contributed by atoms with Crippen molar-refractivity contribution in [2.24, 2.45) is 0 Å². The number of hydrogen-bond donors (Lipinski definition) is 0. The van der Waals surface area contributed by atoms with Crippen LogP contribution in [0.3, 0.4) is 0 Å². The highest BCUT2D eigenvalue weighted by Crippen LogP contribution is 2.28. The van der Waals surface area contributed by atoms with Crippen LogP contribution in [0, 0.1) is 17.2 Å². The number of rotatable bonds is 2. The SMILES string of the molecule is Cc1ccc(-c2ccccc2)[o+]c1-c1ccccc1.[O-][Cl+3]([O-])([O-])[O-]. The van der Waals surface area contributed by atoms with Crippen molar-refractivity contribution in [2.45, 2.75) is 6.92 Å². The van der Waals surface area contributed by atoms with E-state index in [1.54, 1.807) is 0 Å². The molecule has 0 bridgehead atoms. The average Bonchev–Trinajstić information content (AvgIpc) is 2.55. The summed E-state index contributed by atoms with van der Waals surface area (Å²) in [5, 5.41) is 0. The molecular weight excluding hydrogens is 332 g/mol. The molecule has 0 aliphatic carbocycles. The van der Waals surface area contributed by atoms with Crippen molar-refractivity contribution in [1.29, 1.82) is 0 Å². The van der Waals surface area contributed by atoms with Crippen LogP contribution in [0.4, 0.5) is 0 Å². The van der Waals surface area contributed by atoms with Crippen LogP contribution in [0.15, 0.2) is 77.2 Å². The van der Waals surface area contributed by atoms with Crippen LogP contribution in [0.5, 0.6) is 0 Å². The summed E-state index contributed by atoms with van der Waals surface area (Å²) in [4.78, 5) is 0. The zero-order chi connectivity index (χ0) is 17.6. The highest BCUT2D eigenvalue weighted by atomic mass is 35.7. The van der Waals surface area contributed by atoms with Crippen molar-refractivity contribution in [3.8, 4) is 22.6 Å². The molecule has 1 heterocycles. The second kappa shape index (κ2) is 8.01. The molecule has 6 heteroatoms. The first-order valence-electron chi connectivity index (χ1n) is 7.01. The van der Waals surface area contributed by atoms with Crippen molar-refractivity contribution >= 4 is 0 Å².